The standard InChI is InChI=1S/C15H23NOS/c1-3-18-14-6-4-13(5-7-14)15(10-17-11-15)8-12(2)9-16/h4-7,12H,3,8-11,16H2,1-2H3. The highest BCUT2D eigenvalue weighted by Crippen LogP contribution is 2.38. The van der Waals surface area contributed by atoms with Crippen LogP contribution >= 0.6 is 11.8 Å². The van der Waals surface area contributed by atoms with Gasteiger partial charge in [0.25, 0.3) is 0 Å². The molecule has 1 aromatic rings. The Hall–Kier alpha value is -0.510. The van der Waals surface area contributed by atoms with Crippen LogP contribution in [-0.4, -0.2) is 25.5 Å². The molecule has 0 saturated carbocycles. The molecule has 18 heavy (non-hydrogen) atoms. The van der Waals surface area contributed by atoms with Gasteiger partial charge in [0.15, 0.2) is 0 Å². The van der Waals surface area contributed by atoms with E-state index < -0.39 is 0 Å². The highest BCUT2D eigenvalue weighted by atomic mass is 32.2. The molecule has 2 nitrogen and oxygen atoms in total. The van der Waals surface area contributed by atoms with Gasteiger partial charge >= 0.3 is 0 Å². The van der Waals surface area contributed by atoms with E-state index in [-0.39, 0.29) is 5.41 Å². The van der Waals surface area contributed by atoms with Crippen molar-refractivity contribution in [3.8, 4) is 0 Å². The lowest BCUT2D eigenvalue weighted by atomic mass is 9.72. The summed E-state index contributed by atoms with van der Waals surface area (Å²) in [6.07, 6.45) is 1.13. The smallest absolute Gasteiger partial charge is 0.0585 e. The summed E-state index contributed by atoms with van der Waals surface area (Å²) in [7, 11) is 0. The molecule has 1 unspecified atom stereocenters. The van der Waals surface area contributed by atoms with Gasteiger partial charge in [-0.15, -0.1) is 11.8 Å². The predicted octanol–water partition coefficient (Wildman–Crippen LogP) is 3.05. The van der Waals surface area contributed by atoms with Crippen molar-refractivity contribution in [1.82, 2.24) is 0 Å². The third kappa shape index (κ3) is 2.90. The van der Waals surface area contributed by atoms with Crippen molar-refractivity contribution in [1.29, 1.82) is 0 Å². The van der Waals surface area contributed by atoms with Crippen molar-refractivity contribution in [2.45, 2.75) is 30.6 Å². The largest absolute Gasteiger partial charge is 0.379 e. The maximum atomic E-state index is 5.76. The Morgan fingerprint density at radius 3 is 2.44 bits per heavy atom. The molecular weight excluding hydrogens is 242 g/mol. The van der Waals surface area contributed by atoms with Crippen LogP contribution in [0.2, 0.25) is 0 Å². The number of hydrogen-bond acceptors (Lipinski definition) is 3. The number of thioether (sulfide) groups is 1. The molecule has 1 aromatic carbocycles. The van der Waals surface area contributed by atoms with Gasteiger partial charge in [-0.25, -0.2) is 0 Å². The third-order valence-corrected chi connectivity index (χ3v) is 4.57. The number of rotatable bonds is 6. The molecule has 3 heteroatoms. The molecule has 1 heterocycles. The molecule has 0 aromatic heterocycles. The average Bonchev–Trinajstić information content (AvgIpc) is 2.35. The van der Waals surface area contributed by atoms with Crippen LogP contribution < -0.4 is 5.73 Å². The van der Waals surface area contributed by atoms with E-state index in [2.05, 4.69) is 38.1 Å². The fourth-order valence-electron chi connectivity index (χ4n) is 2.57. The topological polar surface area (TPSA) is 35.2 Å². The van der Waals surface area contributed by atoms with Crippen molar-refractivity contribution in [2.24, 2.45) is 11.7 Å². The first-order chi connectivity index (χ1) is 8.70. The zero-order valence-electron chi connectivity index (χ0n) is 11.3. The summed E-state index contributed by atoms with van der Waals surface area (Å²) in [5.41, 5.74) is 7.38. The summed E-state index contributed by atoms with van der Waals surface area (Å²) in [6, 6.07) is 9.00. The van der Waals surface area contributed by atoms with Crippen molar-refractivity contribution in [2.75, 3.05) is 25.5 Å². The van der Waals surface area contributed by atoms with E-state index in [9.17, 15) is 0 Å². The number of hydrogen-bond donors (Lipinski definition) is 1. The highest BCUT2D eigenvalue weighted by Gasteiger charge is 2.40. The maximum absolute atomic E-state index is 5.76. The fourth-order valence-corrected chi connectivity index (χ4v) is 3.23. The summed E-state index contributed by atoms with van der Waals surface area (Å²) in [4.78, 5) is 1.35. The minimum absolute atomic E-state index is 0.216. The Morgan fingerprint density at radius 1 is 1.33 bits per heavy atom. The van der Waals surface area contributed by atoms with Crippen molar-refractivity contribution >= 4 is 11.8 Å². The molecule has 2 rings (SSSR count). The molecule has 1 fully saturated rings. The lowest BCUT2D eigenvalue weighted by molar-refractivity contribution is -0.0702. The maximum Gasteiger partial charge on any atom is 0.0585 e. The van der Waals surface area contributed by atoms with Crippen LogP contribution in [0, 0.1) is 5.92 Å². The summed E-state index contributed by atoms with van der Waals surface area (Å²) in [5.74, 6) is 1.68. The second-order valence-electron chi connectivity index (χ2n) is 5.28. The van der Waals surface area contributed by atoms with Crippen LogP contribution in [-0.2, 0) is 10.2 Å². The Balaban J connectivity index is 2.12. The summed E-state index contributed by atoms with van der Waals surface area (Å²) in [5, 5.41) is 0. The van der Waals surface area contributed by atoms with Gasteiger partial charge in [-0.05, 0) is 42.3 Å². The van der Waals surface area contributed by atoms with Crippen LogP contribution in [0.5, 0.6) is 0 Å². The molecule has 0 spiro atoms. The SMILES string of the molecule is CCSc1ccc(C2(CC(C)CN)COC2)cc1. The van der Waals surface area contributed by atoms with E-state index in [0.29, 0.717) is 5.92 Å². The van der Waals surface area contributed by atoms with Gasteiger partial charge in [0, 0.05) is 10.3 Å². The van der Waals surface area contributed by atoms with Crippen LogP contribution in [0.1, 0.15) is 25.8 Å². The summed E-state index contributed by atoms with van der Waals surface area (Å²) < 4.78 is 5.47. The predicted molar refractivity (Wildman–Crippen MR) is 78.2 cm³/mol. The molecule has 1 atom stereocenters. The van der Waals surface area contributed by atoms with E-state index in [1.807, 2.05) is 11.8 Å². The molecule has 0 aliphatic carbocycles. The van der Waals surface area contributed by atoms with Gasteiger partial charge in [-0.2, -0.15) is 0 Å². The first kappa shape index (κ1) is 13.9. The average molecular weight is 265 g/mol. The lowest BCUT2D eigenvalue weighted by Gasteiger charge is -2.43. The molecule has 1 saturated heterocycles. The minimum Gasteiger partial charge on any atom is -0.379 e. The first-order valence-corrected chi connectivity index (χ1v) is 7.70. The molecule has 1 aliphatic heterocycles. The molecule has 100 valence electrons. The van der Waals surface area contributed by atoms with Gasteiger partial charge in [0.05, 0.1) is 13.2 Å². The minimum atomic E-state index is 0.216. The van der Waals surface area contributed by atoms with E-state index in [1.165, 1.54) is 10.5 Å². The molecule has 0 amide bonds. The molecule has 0 bridgehead atoms. The van der Waals surface area contributed by atoms with Crippen LogP contribution in [0.3, 0.4) is 0 Å². The molecule has 2 N–H and O–H groups in total. The molecular formula is C15H23NOS. The lowest BCUT2D eigenvalue weighted by Crippen LogP contribution is -2.48. The van der Waals surface area contributed by atoms with E-state index in [0.717, 1.165) is 31.9 Å². The second kappa shape index (κ2) is 6.09. The van der Waals surface area contributed by atoms with Crippen molar-refractivity contribution in [3.63, 3.8) is 0 Å². The van der Waals surface area contributed by atoms with Gasteiger partial charge in [0.2, 0.25) is 0 Å². The van der Waals surface area contributed by atoms with Crippen molar-refractivity contribution in [3.05, 3.63) is 29.8 Å². The Kier molecular flexibility index (Phi) is 4.71. The van der Waals surface area contributed by atoms with Gasteiger partial charge < -0.3 is 10.5 Å². The van der Waals surface area contributed by atoms with E-state index >= 15 is 0 Å². The van der Waals surface area contributed by atoms with Crippen LogP contribution in [0.25, 0.3) is 0 Å². The number of ether oxygens (including phenoxy) is 1. The monoisotopic (exact) mass is 265 g/mol. The highest BCUT2D eigenvalue weighted by molar-refractivity contribution is 7.99. The van der Waals surface area contributed by atoms with Crippen LogP contribution in [0.4, 0.5) is 0 Å². The van der Waals surface area contributed by atoms with Gasteiger partial charge in [-0.3, -0.25) is 0 Å². The zero-order chi connectivity index (χ0) is 13.0. The van der Waals surface area contributed by atoms with Gasteiger partial charge in [-0.1, -0.05) is 26.0 Å². The van der Waals surface area contributed by atoms with E-state index in [4.69, 9.17) is 10.5 Å². The fraction of sp³-hybridized carbons (Fsp3) is 0.600. The normalized spacial score (nSPS) is 19.3. The van der Waals surface area contributed by atoms with E-state index in [1.54, 1.807) is 0 Å². The summed E-state index contributed by atoms with van der Waals surface area (Å²) >= 11 is 1.89. The zero-order valence-corrected chi connectivity index (χ0v) is 12.1. The number of benzene rings is 1. The molecule has 0 radical (unpaired) electrons. The Labute approximate surface area is 114 Å². The van der Waals surface area contributed by atoms with Crippen LogP contribution in [0.15, 0.2) is 29.2 Å². The van der Waals surface area contributed by atoms with Gasteiger partial charge in [0.1, 0.15) is 0 Å². The Bertz CT molecular complexity index is 373. The Morgan fingerprint density at radius 2 is 2.00 bits per heavy atom. The second-order valence-corrected chi connectivity index (χ2v) is 6.61. The third-order valence-electron chi connectivity index (χ3n) is 3.68. The van der Waals surface area contributed by atoms with Crippen molar-refractivity contribution < 1.29 is 4.74 Å². The number of nitrogens with two attached hydrogens (primary N) is 1. The molecule has 1 aliphatic rings. The quantitative estimate of drug-likeness (QED) is 0.803. The first-order valence-electron chi connectivity index (χ1n) is 6.71. The summed E-state index contributed by atoms with van der Waals surface area (Å²) in [6.45, 7) is 6.85.